The Balaban J connectivity index is 1.95. The summed E-state index contributed by atoms with van der Waals surface area (Å²) in [5.74, 6) is 0. The molecule has 0 amide bonds. The number of benzene rings is 1. The third-order valence-electron chi connectivity index (χ3n) is 3.11. The van der Waals surface area contributed by atoms with Crippen molar-refractivity contribution in [2.75, 3.05) is 32.8 Å². The molecule has 5 heteroatoms. The molecule has 98 valence electrons. The van der Waals surface area contributed by atoms with Crippen LogP contribution in [0.5, 0.6) is 0 Å². The van der Waals surface area contributed by atoms with Gasteiger partial charge in [-0.1, -0.05) is 36.5 Å². The van der Waals surface area contributed by atoms with Gasteiger partial charge in [-0.05, 0) is 5.56 Å². The van der Waals surface area contributed by atoms with Crippen molar-refractivity contribution in [2.45, 2.75) is 6.10 Å². The van der Waals surface area contributed by atoms with E-state index >= 15 is 0 Å². The van der Waals surface area contributed by atoms with E-state index in [4.69, 9.17) is 22.7 Å². The summed E-state index contributed by atoms with van der Waals surface area (Å²) >= 11 is 4.89. The Morgan fingerprint density at radius 2 is 1.94 bits per heavy atom. The Kier molecular flexibility index (Phi) is 4.66. The molecule has 1 aliphatic rings. The van der Waals surface area contributed by atoms with Crippen LogP contribution in [0.4, 0.5) is 0 Å². The highest BCUT2D eigenvalue weighted by molar-refractivity contribution is 7.80. The molecule has 1 aliphatic heterocycles. The Morgan fingerprint density at radius 1 is 1.33 bits per heavy atom. The lowest BCUT2D eigenvalue weighted by Crippen LogP contribution is -2.38. The first-order valence-electron chi connectivity index (χ1n) is 6.05. The first-order chi connectivity index (χ1) is 8.66. The van der Waals surface area contributed by atoms with E-state index in [0.29, 0.717) is 11.5 Å². The van der Waals surface area contributed by atoms with Gasteiger partial charge >= 0.3 is 0 Å². The van der Waals surface area contributed by atoms with Gasteiger partial charge in [0.2, 0.25) is 0 Å². The molecule has 1 atom stereocenters. The van der Waals surface area contributed by atoms with Crippen LogP contribution in [-0.4, -0.2) is 47.8 Å². The number of hydrogen-bond donors (Lipinski definition) is 2. The van der Waals surface area contributed by atoms with Gasteiger partial charge in [0.05, 0.1) is 19.3 Å². The largest absolute Gasteiger partial charge is 0.389 e. The van der Waals surface area contributed by atoms with Crippen LogP contribution < -0.4 is 5.73 Å². The molecule has 0 aromatic heterocycles. The van der Waals surface area contributed by atoms with Gasteiger partial charge in [0, 0.05) is 25.2 Å². The van der Waals surface area contributed by atoms with Crippen LogP contribution in [0, 0.1) is 0 Å². The second-order valence-corrected chi connectivity index (χ2v) is 4.85. The number of morpholine rings is 1. The van der Waals surface area contributed by atoms with Crippen molar-refractivity contribution in [2.24, 2.45) is 5.73 Å². The summed E-state index contributed by atoms with van der Waals surface area (Å²) in [6, 6.07) is 7.44. The maximum atomic E-state index is 10.2. The number of ether oxygens (including phenoxy) is 1. The van der Waals surface area contributed by atoms with E-state index in [-0.39, 0.29) is 0 Å². The molecular formula is C13H18N2O2S. The molecule has 1 heterocycles. The van der Waals surface area contributed by atoms with E-state index in [1.54, 1.807) is 0 Å². The number of nitrogens with two attached hydrogens (primary N) is 1. The van der Waals surface area contributed by atoms with Crippen molar-refractivity contribution in [3.8, 4) is 0 Å². The number of rotatable bonds is 4. The van der Waals surface area contributed by atoms with Gasteiger partial charge in [-0.15, -0.1) is 0 Å². The summed E-state index contributed by atoms with van der Waals surface area (Å²) in [5.41, 5.74) is 7.25. The number of thiocarbonyl (C=S) groups is 1. The number of nitrogens with zero attached hydrogens (tertiary/aromatic N) is 1. The number of β-amino-alcohol motifs (C(OH)–C–C–N with tert-alkyl or cyclic N) is 1. The van der Waals surface area contributed by atoms with E-state index < -0.39 is 6.10 Å². The summed E-state index contributed by atoms with van der Waals surface area (Å²) in [7, 11) is 0. The summed E-state index contributed by atoms with van der Waals surface area (Å²) in [4.78, 5) is 2.58. The van der Waals surface area contributed by atoms with Crippen LogP contribution in [0.25, 0.3) is 0 Å². The summed E-state index contributed by atoms with van der Waals surface area (Å²) in [6.45, 7) is 3.88. The highest BCUT2D eigenvalue weighted by atomic mass is 32.1. The Labute approximate surface area is 112 Å². The van der Waals surface area contributed by atoms with Crippen LogP contribution >= 0.6 is 12.2 Å². The van der Waals surface area contributed by atoms with Crippen LogP contribution in [-0.2, 0) is 4.74 Å². The van der Waals surface area contributed by atoms with Crippen LogP contribution in [0.2, 0.25) is 0 Å². The minimum atomic E-state index is -0.483. The van der Waals surface area contributed by atoms with Gasteiger partial charge in [0.15, 0.2) is 0 Å². The van der Waals surface area contributed by atoms with E-state index in [2.05, 4.69) is 4.90 Å². The Morgan fingerprint density at radius 3 is 2.50 bits per heavy atom. The average molecular weight is 266 g/mol. The average Bonchev–Trinajstić information content (AvgIpc) is 2.40. The second-order valence-electron chi connectivity index (χ2n) is 4.42. The van der Waals surface area contributed by atoms with Gasteiger partial charge in [-0.25, -0.2) is 0 Å². The predicted octanol–water partition coefficient (Wildman–Crippen LogP) is 0.686. The van der Waals surface area contributed by atoms with Crippen molar-refractivity contribution >= 4 is 17.2 Å². The molecule has 3 N–H and O–H groups in total. The third kappa shape index (κ3) is 3.49. The zero-order valence-corrected chi connectivity index (χ0v) is 11.0. The molecule has 0 saturated carbocycles. The standard InChI is InChI=1S/C13H18N2O2S/c14-13(18)11-3-1-10(2-4-11)12(16)9-15-5-7-17-8-6-15/h1-4,12,16H,5-9H2,(H2,14,18). The van der Waals surface area contributed by atoms with Crippen molar-refractivity contribution in [1.82, 2.24) is 4.90 Å². The number of aliphatic hydroxyl groups excluding tert-OH is 1. The fraction of sp³-hybridized carbons (Fsp3) is 0.462. The van der Waals surface area contributed by atoms with E-state index in [9.17, 15) is 5.11 Å². The zero-order chi connectivity index (χ0) is 13.0. The SMILES string of the molecule is NC(=S)c1ccc(C(O)CN2CCOCC2)cc1. The molecule has 0 bridgehead atoms. The molecule has 1 aromatic rings. The van der Waals surface area contributed by atoms with Gasteiger partial charge < -0.3 is 15.6 Å². The molecule has 18 heavy (non-hydrogen) atoms. The maximum Gasteiger partial charge on any atom is 0.103 e. The lowest BCUT2D eigenvalue weighted by molar-refractivity contribution is 0.0143. The zero-order valence-electron chi connectivity index (χ0n) is 10.2. The quantitative estimate of drug-likeness (QED) is 0.785. The van der Waals surface area contributed by atoms with Crippen LogP contribution in [0.15, 0.2) is 24.3 Å². The summed E-state index contributed by atoms with van der Waals surface area (Å²) in [6.07, 6.45) is -0.483. The lowest BCUT2D eigenvalue weighted by atomic mass is 10.1. The fourth-order valence-electron chi connectivity index (χ4n) is 2.00. The second kappa shape index (κ2) is 6.24. The predicted molar refractivity (Wildman–Crippen MR) is 74.5 cm³/mol. The van der Waals surface area contributed by atoms with Crippen molar-refractivity contribution in [1.29, 1.82) is 0 Å². The molecule has 1 fully saturated rings. The monoisotopic (exact) mass is 266 g/mol. The van der Waals surface area contributed by atoms with Crippen LogP contribution in [0.3, 0.4) is 0 Å². The normalized spacial score (nSPS) is 18.5. The molecular weight excluding hydrogens is 248 g/mol. The lowest BCUT2D eigenvalue weighted by Gasteiger charge is -2.28. The van der Waals surface area contributed by atoms with Crippen molar-refractivity contribution in [3.05, 3.63) is 35.4 Å². The molecule has 0 spiro atoms. The minimum Gasteiger partial charge on any atom is -0.389 e. The highest BCUT2D eigenvalue weighted by Crippen LogP contribution is 2.16. The molecule has 1 saturated heterocycles. The smallest absolute Gasteiger partial charge is 0.103 e. The number of hydrogen-bond acceptors (Lipinski definition) is 4. The molecule has 1 unspecified atom stereocenters. The molecule has 0 radical (unpaired) electrons. The summed E-state index contributed by atoms with van der Waals surface area (Å²) in [5, 5.41) is 10.2. The number of aliphatic hydroxyl groups is 1. The van der Waals surface area contributed by atoms with Gasteiger partial charge in [0.1, 0.15) is 4.99 Å². The van der Waals surface area contributed by atoms with Gasteiger partial charge in [-0.2, -0.15) is 0 Å². The third-order valence-corrected chi connectivity index (χ3v) is 3.35. The molecule has 4 nitrogen and oxygen atoms in total. The molecule has 2 rings (SSSR count). The molecule has 0 aliphatic carbocycles. The topological polar surface area (TPSA) is 58.7 Å². The first kappa shape index (κ1) is 13.4. The van der Waals surface area contributed by atoms with E-state index in [1.807, 2.05) is 24.3 Å². The van der Waals surface area contributed by atoms with Crippen LogP contribution in [0.1, 0.15) is 17.2 Å². The van der Waals surface area contributed by atoms with Gasteiger partial charge in [0.25, 0.3) is 0 Å². The van der Waals surface area contributed by atoms with E-state index in [0.717, 1.165) is 37.4 Å². The van der Waals surface area contributed by atoms with Crippen molar-refractivity contribution < 1.29 is 9.84 Å². The molecule has 1 aromatic carbocycles. The fourth-order valence-corrected chi connectivity index (χ4v) is 2.14. The maximum absolute atomic E-state index is 10.2. The first-order valence-corrected chi connectivity index (χ1v) is 6.45. The minimum absolute atomic E-state index is 0.379. The van der Waals surface area contributed by atoms with E-state index in [1.165, 1.54) is 0 Å². The highest BCUT2D eigenvalue weighted by Gasteiger charge is 2.16. The Hall–Kier alpha value is -1.01. The van der Waals surface area contributed by atoms with Gasteiger partial charge in [-0.3, -0.25) is 4.90 Å². The summed E-state index contributed by atoms with van der Waals surface area (Å²) < 4.78 is 5.28. The Bertz CT molecular complexity index is 402. The van der Waals surface area contributed by atoms with Crippen molar-refractivity contribution in [3.63, 3.8) is 0 Å².